The number of anilines is 2. The second-order valence-electron chi connectivity index (χ2n) is 7.02. The summed E-state index contributed by atoms with van der Waals surface area (Å²) in [5.41, 5.74) is 2.46. The molecule has 1 unspecified atom stereocenters. The summed E-state index contributed by atoms with van der Waals surface area (Å²) < 4.78 is 5.21. The summed E-state index contributed by atoms with van der Waals surface area (Å²) in [4.78, 5) is 27.9. The van der Waals surface area contributed by atoms with Gasteiger partial charge in [-0.2, -0.15) is 0 Å². The number of carbonyl (C=O) groups excluding carboxylic acids is 2. The number of hydrogen-bond donors (Lipinski definition) is 3. The average Bonchev–Trinajstić information content (AvgIpc) is 3.14. The first-order chi connectivity index (χ1) is 14.0. The van der Waals surface area contributed by atoms with E-state index in [0.717, 1.165) is 17.0 Å². The number of nitrogens with one attached hydrogen (secondary N) is 3. The molecular weight excluding hydrogens is 370 g/mol. The van der Waals surface area contributed by atoms with Crippen molar-refractivity contribution in [2.45, 2.75) is 6.04 Å². The van der Waals surface area contributed by atoms with Gasteiger partial charge in [-0.1, -0.05) is 18.2 Å². The standard InChI is InChI=1S/C21H27N5O3/c1-25(2)19(15-7-9-18(29-3)10-8-15)14-23-20(27)24-16-5-4-6-17(13-16)26-12-11-22-21(26)28/h4-10,13,19H,11-12,14H2,1-3H3,(H,22,28)(H2,23,24,27). The molecule has 2 aromatic rings. The molecule has 0 bridgehead atoms. The molecule has 1 heterocycles. The van der Waals surface area contributed by atoms with Gasteiger partial charge in [0.2, 0.25) is 0 Å². The summed E-state index contributed by atoms with van der Waals surface area (Å²) in [6.07, 6.45) is 0. The van der Waals surface area contributed by atoms with E-state index in [4.69, 9.17) is 4.74 Å². The van der Waals surface area contributed by atoms with Gasteiger partial charge < -0.3 is 25.6 Å². The Morgan fingerprint density at radius 3 is 2.62 bits per heavy atom. The monoisotopic (exact) mass is 397 g/mol. The van der Waals surface area contributed by atoms with Gasteiger partial charge in [-0.25, -0.2) is 9.59 Å². The van der Waals surface area contributed by atoms with E-state index < -0.39 is 0 Å². The number of carbonyl (C=O) groups is 2. The van der Waals surface area contributed by atoms with Gasteiger partial charge in [0, 0.05) is 31.0 Å². The normalized spacial score (nSPS) is 14.5. The van der Waals surface area contributed by atoms with E-state index in [1.165, 1.54) is 0 Å². The van der Waals surface area contributed by atoms with Crippen LogP contribution >= 0.6 is 0 Å². The fourth-order valence-electron chi connectivity index (χ4n) is 3.26. The lowest BCUT2D eigenvalue weighted by Crippen LogP contribution is -2.37. The maximum absolute atomic E-state index is 12.4. The summed E-state index contributed by atoms with van der Waals surface area (Å²) in [5, 5.41) is 8.53. The van der Waals surface area contributed by atoms with Crippen LogP contribution in [0.3, 0.4) is 0 Å². The van der Waals surface area contributed by atoms with Crippen LogP contribution in [0.25, 0.3) is 0 Å². The van der Waals surface area contributed by atoms with Gasteiger partial charge in [0.05, 0.1) is 13.2 Å². The van der Waals surface area contributed by atoms with Gasteiger partial charge in [-0.05, 0) is 50.0 Å². The zero-order chi connectivity index (χ0) is 20.8. The maximum atomic E-state index is 12.4. The molecule has 1 fully saturated rings. The van der Waals surface area contributed by atoms with Gasteiger partial charge in [-0.15, -0.1) is 0 Å². The number of nitrogens with zero attached hydrogens (tertiary/aromatic N) is 2. The van der Waals surface area contributed by atoms with E-state index in [1.54, 1.807) is 24.1 Å². The molecule has 1 aliphatic rings. The van der Waals surface area contributed by atoms with Crippen LogP contribution in [-0.4, -0.2) is 57.8 Å². The number of rotatable bonds is 7. The molecule has 3 rings (SSSR count). The first-order valence-corrected chi connectivity index (χ1v) is 9.48. The Morgan fingerprint density at radius 1 is 1.24 bits per heavy atom. The Labute approximate surface area is 170 Å². The van der Waals surface area contributed by atoms with Crippen molar-refractivity contribution >= 4 is 23.4 Å². The van der Waals surface area contributed by atoms with Crippen LogP contribution in [0, 0.1) is 0 Å². The van der Waals surface area contributed by atoms with Crippen molar-refractivity contribution in [3.05, 3.63) is 54.1 Å². The van der Waals surface area contributed by atoms with Gasteiger partial charge in [-0.3, -0.25) is 4.90 Å². The molecule has 1 aliphatic heterocycles. The van der Waals surface area contributed by atoms with Crippen molar-refractivity contribution in [1.29, 1.82) is 0 Å². The van der Waals surface area contributed by atoms with Crippen molar-refractivity contribution in [3.63, 3.8) is 0 Å². The minimum Gasteiger partial charge on any atom is -0.497 e. The van der Waals surface area contributed by atoms with Crippen LogP contribution in [0.2, 0.25) is 0 Å². The number of ether oxygens (including phenoxy) is 1. The molecule has 0 spiro atoms. The van der Waals surface area contributed by atoms with Crippen molar-refractivity contribution < 1.29 is 14.3 Å². The van der Waals surface area contributed by atoms with E-state index in [-0.39, 0.29) is 18.1 Å². The minimum absolute atomic E-state index is 0.0197. The highest BCUT2D eigenvalue weighted by Crippen LogP contribution is 2.22. The number of hydrogen-bond acceptors (Lipinski definition) is 4. The fourth-order valence-corrected chi connectivity index (χ4v) is 3.26. The molecule has 154 valence electrons. The van der Waals surface area contributed by atoms with Gasteiger partial charge in [0.15, 0.2) is 0 Å². The number of likely N-dealkylation sites (N-methyl/N-ethyl adjacent to an activating group) is 1. The van der Waals surface area contributed by atoms with Crippen LogP contribution in [0.1, 0.15) is 11.6 Å². The van der Waals surface area contributed by atoms with E-state index >= 15 is 0 Å². The zero-order valence-corrected chi connectivity index (χ0v) is 16.9. The molecule has 0 saturated carbocycles. The Balaban J connectivity index is 1.60. The summed E-state index contributed by atoms with van der Waals surface area (Å²) in [6.45, 7) is 1.68. The van der Waals surface area contributed by atoms with Crippen molar-refractivity contribution in [3.8, 4) is 5.75 Å². The number of urea groups is 2. The smallest absolute Gasteiger partial charge is 0.321 e. The molecule has 3 N–H and O–H groups in total. The molecule has 1 saturated heterocycles. The Bertz CT molecular complexity index is 854. The van der Waals surface area contributed by atoms with Crippen molar-refractivity contribution in [1.82, 2.24) is 15.5 Å². The van der Waals surface area contributed by atoms with E-state index in [9.17, 15) is 9.59 Å². The number of benzene rings is 2. The lowest BCUT2D eigenvalue weighted by Gasteiger charge is -2.25. The molecule has 8 heteroatoms. The Kier molecular flexibility index (Phi) is 6.56. The molecule has 4 amide bonds. The van der Waals surface area contributed by atoms with Gasteiger partial charge in [0.1, 0.15) is 5.75 Å². The van der Waals surface area contributed by atoms with Gasteiger partial charge in [0.25, 0.3) is 0 Å². The van der Waals surface area contributed by atoms with Crippen molar-refractivity contribution in [2.75, 3.05) is 51.1 Å². The van der Waals surface area contributed by atoms with Crippen LogP contribution < -0.4 is 25.6 Å². The topological polar surface area (TPSA) is 85.9 Å². The summed E-state index contributed by atoms with van der Waals surface area (Å²) in [6, 6.07) is 14.6. The largest absolute Gasteiger partial charge is 0.497 e. The second-order valence-corrected chi connectivity index (χ2v) is 7.02. The highest BCUT2D eigenvalue weighted by atomic mass is 16.5. The Hall–Kier alpha value is -3.26. The molecule has 0 aromatic heterocycles. The van der Waals surface area contributed by atoms with Crippen LogP contribution in [0.15, 0.2) is 48.5 Å². The number of amides is 4. The number of methoxy groups -OCH3 is 1. The highest BCUT2D eigenvalue weighted by Gasteiger charge is 2.21. The second kappa shape index (κ2) is 9.29. The lowest BCUT2D eigenvalue weighted by molar-refractivity contribution is 0.243. The molecule has 29 heavy (non-hydrogen) atoms. The van der Waals surface area contributed by atoms with Crippen molar-refractivity contribution in [2.24, 2.45) is 0 Å². The Morgan fingerprint density at radius 2 is 2.00 bits per heavy atom. The van der Waals surface area contributed by atoms with E-state index in [2.05, 4.69) is 20.9 Å². The molecule has 0 aliphatic carbocycles. The van der Waals surface area contributed by atoms with E-state index in [0.29, 0.717) is 25.3 Å². The highest BCUT2D eigenvalue weighted by molar-refractivity contribution is 5.95. The quantitative estimate of drug-likeness (QED) is 0.671. The summed E-state index contributed by atoms with van der Waals surface area (Å²) in [7, 11) is 5.58. The lowest BCUT2D eigenvalue weighted by atomic mass is 10.1. The molecule has 0 radical (unpaired) electrons. The average molecular weight is 397 g/mol. The predicted molar refractivity (Wildman–Crippen MR) is 114 cm³/mol. The molecule has 8 nitrogen and oxygen atoms in total. The summed E-state index contributed by atoms with van der Waals surface area (Å²) >= 11 is 0. The first-order valence-electron chi connectivity index (χ1n) is 9.48. The third kappa shape index (κ3) is 5.17. The minimum atomic E-state index is -0.298. The predicted octanol–water partition coefficient (Wildman–Crippen LogP) is 2.65. The fraction of sp³-hybridized carbons (Fsp3) is 0.333. The van der Waals surface area contributed by atoms with Crippen LogP contribution in [-0.2, 0) is 0 Å². The zero-order valence-electron chi connectivity index (χ0n) is 16.9. The van der Waals surface area contributed by atoms with Gasteiger partial charge >= 0.3 is 12.1 Å². The SMILES string of the molecule is COc1ccc(C(CNC(=O)Nc2cccc(N3CCNC3=O)c2)N(C)C)cc1. The molecular formula is C21H27N5O3. The third-order valence-corrected chi connectivity index (χ3v) is 4.85. The van der Waals surface area contributed by atoms with E-state index in [1.807, 2.05) is 50.5 Å². The maximum Gasteiger partial charge on any atom is 0.321 e. The molecule has 1 atom stereocenters. The van der Waals surface area contributed by atoms with Crippen LogP contribution in [0.4, 0.5) is 21.0 Å². The first kappa shape index (κ1) is 20.5. The van der Waals surface area contributed by atoms with Crippen LogP contribution in [0.5, 0.6) is 5.75 Å². The molecule has 2 aromatic carbocycles. The third-order valence-electron chi connectivity index (χ3n) is 4.85. The summed E-state index contributed by atoms with van der Waals surface area (Å²) in [5.74, 6) is 0.795.